The fourth-order valence-electron chi connectivity index (χ4n) is 10.6. The van der Waals surface area contributed by atoms with Crippen LogP contribution < -0.4 is 9.47 Å². The summed E-state index contributed by atoms with van der Waals surface area (Å²) in [5.41, 5.74) is 14.8. The van der Waals surface area contributed by atoms with Gasteiger partial charge in [0, 0.05) is 12.8 Å². The van der Waals surface area contributed by atoms with Crippen LogP contribution in [0.2, 0.25) is 0 Å². The molecule has 52 heavy (non-hydrogen) atoms. The number of aryl methyl sites for hydroxylation is 4. The van der Waals surface area contributed by atoms with Crippen molar-refractivity contribution in [2.75, 3.05) is 13.2 Å². The predicted octanol–water partition coefficient (Wildman–Crippen LogP) is 11.3. The monoisotopic (exact) mass is 696 g/mol. The molecule has 5 aliphatic rings. The van der Waals surface area contributed by atoms with E-state index >= 15 is 0 Å². The predicted molar refractivity (Wildman–Crippen MR) is 209 cm³/mol. The van der Waals surface area contributed by atoms with Gasteiger partial charge in [-0.25, -0.2) is 0 Å². The lowest BCUT2D eigenvalue weighted by molar-refractivity contribution is 0.296. The first-order valence-corrected chi connectivity index (χ1v) is 20.7. The summed E-state index contributed by atoms with van der Waals surface area (Å²) in [4.78, 5) is 0. The first kappa shape index (κ1) is 33.9. The second-order valence-electron chi connectivity index (χ2n) is 16.7. The molecule has 2 fully saturated rings. The molecule has 12 bridgehead atoms. The molecule has 4 atom stereocenters. The third-order valence-electron chi connectivity index (χ3n) is 13.4. The molecule has 0 heterocycles. The minimum Gasteiger partial charge on any atom is -0.507 e. The number of phenolic OH excluding ortho intramolecular Hbond substituents is 2. The SMILES string of the molecule is CCOc1c2cc3cc1[C@H]1CC[C@H]1c1cc(cc(c1O)Cc1cc4cc(c1OCC)[C@H]1CC[C@H]1c1cc(cc(c1O)C2)CCCCC4)CCCCC3. The lowest BCUT2D eigenvalue weighted by atomic mass is 9.64. The van der Waals surface area contributed by atoms with E-state index in [2.05, 4.69) is 62.4 Å². The second kappa shape index (κ2) is 14.1. The number of benzene rings is 4. The van der Waals surface area contributed by atoms with Crippen molar-refractivity contribution in [3.8, 4) is 23.0 Å². The number of hydrogen-bond donors (Lipinski definition) is 2. The number of phenols is 2. The summed E-state index contributed by atoms with van der Waals surface area (Å²) in [5, 5.41) is 24.7. The van der Waals surface area contributed by atoms with Crippen LogP contribution >= 0.6 is 0 Å². The Bertz CT molecular complexity index is 1850. The highest BCUT2D eigenvalue weighted by Gasteiger charge is 2.40. The fourth-order valence-corrected chi connectivity index (χ4v) is 10.6. The van der Waals surface area contributed by atoms with Gasteiger partial charge in [-0.05, 0) is 181 Å². The summed E-state index contributed by atoms with van der Waals surface area (Å²) in [6.07, 6.45) is 16.7. The minimum atomic E-state index is 0.238. The molecule has 0 amide bonds. The van der Waals surface area contributed by atoms with Crippen LogP contribution in [-0.2, 0) is 38.5 Å². The topological polar surface area (TPSA) is 58.9 Å². The zero-order valence-electron chi connectivity index (χ0n) is 31.4. The molecule has 0 aliphatic heterocycles. The van der Waals surface area contributed by atoms with Gasteiger partial charge in [0.2, 0.25) is 0 Å². The molecule has 4 heteroatoms. The third kappa shape index (κ3) is 6.08. The van der Waals surface area contributed by atoms with E-state index < -0.39 is 0 Å². The maximum Gasteiger partial charge on any atom is 0.126 e. The fraction of sp³-hybridized carbons (Fsp3) is 0.500. The number of hydrogen-bond acceptors (Lipinski definition) is 4. The molecule has 2 N–H and O–H groups in total. The molecular formula is C48H56O4. The van der Waals surface area contributed by atoms with Gasteiger partial charge in [0.05, 0.1) is 13.2 Å². The zero-order chi connectivity index (χ0) is 35.3. The van der Waals surface area contributed by atoms with Crippen LogP contribution in [-0.4, -0.2) is 23.4 Å². The Kier molecular flexibility index (Phi) is 9.21. The van der Waals surface area contributed by atoms with Crippen LogP contribution in [0.1, 0.15) is 168 Å². The van der Waals surface area contributed by atoms with E-state index in [4.69, 9.17) is 9.47 Å². The summed E-state index contributed by atoms with van der Waals surface area (Å²) in [5.74, 6) is 4.03. The highest BCUT2D eigenvalue weighted by atomic mass is 16.5. The summed E-state index contributed by atoms with van der Waals surface area (Å²) in [7, 11) is 0. The molecule has 4 aromatic carbocycles. The molecule has 0 unspecified atom stereocenters. The summed E-state index contributed by atoms with van der Waals surface area (Å²) in [6.45, 7) is 5.39. The standard InChI is InChI=1S/C48H56O4/c1-3-51-47-35-21-31-13-9-5-7-12-30-20-34(46(50)41(23-30)37-15-17-39(37)43(47)25-31)28-36-22-32-14-10-6-8-11-29-19-33(27-35)45(49)42(24-29)38-16-18-40(38)44(26-32)48(36)52-4-2/h19-26,37-40,49-50H,3-18,27-28H2,1-2H3/t37-,38-,39+,40+/m1/s1. The van der Waals surface area contributed by atoms with Crippen LogP contribution in [0, 0.1) is 0 Å². The van der Waals surface area contributed by atoms with Crippen molar-refractivity contribution in [1.29, 1.82) is 0 Å². The Morgan fingerprint density at radius 2 is 0.769 bits per heavy atom. The van der Waals surface area contributed by atoms with Crippen molar-refractivity contribution >= 4 is 0 Å². The van der Waals surface area contributed by atoms with Crippen molar-refractivity contribution < 1.29 is 19.7 Å². The maximum atomic E-state index is 12.4. The molecule has 2 saturated carbocycles. The molecule has 0 saturated heterocycles. The van der Waals surface area contributed by atoms with Gasteiger partial charge in [-0.15, -0.1) is 0 Å². The molecule has 272 valence electrons. The second-order valence-corrected chi connectivity index (χ2v) is 16.7. The lowest BCUT2D eigenvalue weighted by Gasteiger charge is -2.40. The van der Waals surface area contributed by atoms with Crippen molar-refractivity contribution in [2.45, 2.75) is 140 Å². The number of aromatic hydroxyl groups is 2. The van der Waals surface area contributed by atoms with E-state index in [1.165, 1.54) is 57.3 Å². The smallest absolute Gasteiger partial charge is 0.126 e. The highest BCUT2D eigenvalue weighted by Crippen LogP contribution is 2.57. The Labute approximate surface area is 310 Å². The Hall–Kier alpha value is -3.92. The minimum absolute atomic E-state index is 0.238. The normalized spacial score (nSPS) is 23.4. The van der Waals surface area contributed by atoms with Crippen LogP contribution in [0.25, 0.3) is 0 Å². The van der Waals surface area contributed by atoms with Crippen LogP contribution in [0.3, 0.4) is 0 Å². The summed E-state index contributed by atoms with van der Waals surface area (Å²) < 4.78 is 13.3. The van der Waals surface area contributed by atoms with Gasteiger partial charge in [-0.2, -0.15) is 0 Å². The van der Waals surface area contributed by atoms with Gasteiger partial charge < -0.3 is 19.7 Å². The Morgan fingerprint density at radius 1 is 0.442 bits per heavy atom. The van der Waals surface area contributed by atoms with Gasteiger partial charge in [0.25, 0.3) is 0 Å². The Morgan fingerprint density at radius 3 is 1.12 bits per heavy atom. The summed E-state index contributed by atoms with van der Waals surface area (Å²) >= 11 is 0. The number of rotatable bonds is 4. The summed E-state index contributed by atoms with van der Waals surface area (Å²) in [6, 6.07) is 19.0. The first-order chi connectivity index (χ1) is 25.5. The van der Waals surface area contributed by atoms with Crippen LogP contribution in [0.5, 0.6) is 23.0 Å². The molecule has 0 radical (unpaired) electrons. The van der Waals surface area contributed by atoms with Gasteiger partial charge >= 0.3 is 0 Å². The van der Waals surface area contributed by atoms with E-state index in [0.29, 0.717) is 37.6 Å². The average molecular weight is 697 g/mol. The molecule has 0 spiro atoms. The number of fused-ring (bicyclic) bond motifs is 8. The van der Waals surface area contributed by atoms with E-state index in [9.17, 15) is 10.2 Å². The quantitative estimate of drug-likeness (QED) is 0.223. The van der Waals surface area contributed by atoms with Crippen molar-refractivity contribution in [3.63, 3.8) is 0 Å². The van der Waals surface area contributed by atoms with Gasteiger partial charge in [-0.3, -0.25) is 0 Å². The molecule has 5 aliphatic carbocycles. The molecular weight excluding hydrogens is 641 g/mol. The highest BCUT2D eigenvalue weighted by molar-refractivity contribution is 5.59. The lowest BCUT2D eigenvalue weighted by Crippen LogP contribution is -2.24. The zero-order valence-corrected chi connectivity index (χ0v) is 31.4. The molecule has 4 aromatic rings. The molecule has 9 rings (SSSR count). The van der Waals surface area contributed by atoms with Crippen molar-refractivity contribution in [2.24, 2.45) is 0 Å². The number of ether oxygens (including phenoxy) is 2. The van der Waals surface area contributed by atoms with E-state index in [-0.39, 0.29) is 23.7 Å². The maximum absolute atomic E-state index is 12.4. The van der Waals surface area contributed by atoms with E-state index in [1.807, 2.05) is 0 Å². The van der Waals surface area contributed by atoms with Crippen molar-refractivity contribution in [3.05, 3.63) is 115 Å². The van der Waals surface area contributed by atoms with E-state index in [1.54, 1.807) is 0 Å². The largest absolute Gasteiger partial charge is 0.507 e. The third-order valence-corrected chi connectivity index (χ3v) is 13.4. The van der Waals surface area contributed by atoms with Crippen LogP contribution in [0.15, 0.2) is 48.5 Å². The van der Waals surface area contributed by atoms with Gasteiger partial charge in [0.1, 0.15) is 23.0 Å². The Balaban J connectivity index is 1.33. The first-order valence-electron chi connectivity index (χ1n) is 20.7. The molecule has 4 nitrogen and oxygen atoms in total. The molecule has 0 aromatic heterocycles. The van der Waals surface area contributed by atoms with Gasteiger partial charge in [-0.1, -0.05) is 61.4 Å². The van der Waals surface area contributed by atoms with Gasteiger partial charge in [0.15, 0.2) is 0 Å². The average Bonchev–Trinajstić information content (AvgIpc) is 3.10. The van der Waals surface area contributed by atoms with E-state index in [0.717, 1.165) is 111 Å². The van der Waals surface area contributed by atoms with Crippen LogP contribution in [0.4, 0.5) is 0 Å². The van der Waals surface area contributed by atoms with Crippen molar-refractivity contribution in [1.82, 2.24) is 0 Å².